The van der Waals surface area contributed by atoms with Gasteiger partial charge in [-0.3, -0.25) is 9.59 Å². The highest BCUT2D eigenvalue weighted by atomic mass is 19.1. The second kappa shape index (κ2) is 7.94. The summed E-state index contributed by atoms with van der Waals surface area (Å²) in [6.45, 7) is 5.18. The summed E-state index contributed by atoms with van der Waals surface area (Å²) in [4.78, 5) is 26.9. The molecule has 0 bridgehead atoms. The van der Waals surface area contributed by atoms with Gasteiger partial charge in [-0.1, -0.05) is 19.9 Å². The zero-order chi connectivity index (χ0) is 20.5. The van der Waals surface area contributed by atoms with Crippen LogP contribution in [0.2, 0.25) is 0 Å². The number of fused-ring (bicyclic) bond motifs is 1. The number of aromatic nitrogens is 2. The number of amides is 2. The maximum absolute atomic E-state index is 13.4. The molecule has 0 unspecified atom stereocenters. The topological polar surface area (TPSA) is 79.3 Å². The summed E-state index contributed by atoms with van der Waals surface area (Å²) in [6, 6.07) is 5.50. The standard InChI is InChI=1S/C21H26FN5O2/c1-13(2)6-18-21(29)26-12-16(8-19(26)20(28)25-18)23-9-14-10-24-27(11-14)17-5-3-4-15(22)7-17/h3-5,7,10-11,13,16,18-19,23H,6,8-9,12H2,1-2H3,(H,25,28)/t16-,18+,19-/m0/s1. The van der Waals surface area contributed by atoms with Gasteiger partial charge in [0.05, 0.1) is 11.9 Å². The Labute approximate surface area is 169 Å². The number of carbonyl (C=O) groups is 2. The number of nitrogens with one attached hydrogen (secondary N) is 2. The van der Waals surface area contributed by atoms with E-state index in [9.17, 15) is 14.0 Å². The Morgan fingerprint density at radius 1 is 1.34 bits per heavy atom. The molecular formula is C21H26FN5O2. The third-order valence-electron chi connectivity index (χ3n) is 5.51. The van der Waals surface area contributed by atoms with Gasteiger partial charge in [-0.2, -0.15) is 5.10 Å². The van der Waals surface area contributed by atoms with Crippen LogP contribution in [-0.4, -0.2) is 51.2 Å². The Bertz CT molecular complexity index is 912. The van der Waals surface area contributed by atoms with E-state index in [1.807, 2.05) is 20.0 Å². The molecule has 8 heteroatoms. The van der Waals surface area contributed by atoms with Crippen LogP contribution in [0.3, 0.4) is 0 Å². The Balaban J connectivity index is 1.36. The van der Waals surface area contributed by atoms with E-state index in [-0.39, 0.29) is 23.7 Å². The van der Waals surface area contributed by atoms with Gasteiger partial charge in [0, 0.05) is 30.9 Å². The van der Waals surface area contributed by atoms with Crippen molar-refractivity contribution in [1.82, 2.24) is 25.3 Å². The summed E-state index contributed by atoms with van der Waals surface area (Å²) in [5.41, 5.74) is 1.61. The molecule has 0 radical (unpaired) electrons. The van der Waals surface area contributed by atoms with Crippen molar-refractivity contribution in [3.63, 3.8) is 0 Å². The summed E-state index contributed by atoms with van der Waals surface area (Å²) in [7, 11) is 0. The van der Waals surface area contributed by atoms with Crippen LogP contribution in [0.15, 0.2) is 36.7 Å². The van der Waals surface area contributed by atoms with Crippen LogP contribution in [0.25, 0.3) is 5.69 Å². The minimum absolute atomic E-state index is 0.0199. The number of benzene rings is 1. The number of hydrogen-bond donors (Lipinski definition) is 2. The van der Waals surface area contributed by atoms with Gasteiger partial charge in [0.2, 0.25) is 11.8 Å². The first kappa shape index (κ1) is 19.6. The van der Waals surface area contributed by atoms with Crippen LogP contribution in [0.4, 0.5) is 4.39 Å². The lowest BCUT2D eigenvalue weighted by Crippen LogP contribution is -2.61. The molecule has 154 valence electrons. The van der Waals surface area contributed by atoms with Crippen LogP contribution in [0.5, 0.6) is 0 Å². The largest absolute Gasteiger partial charge is 0.342 e. The van der Waals surface area contributed by atoms with E-state index < -0.39 is 12.1 Å². The first-order valence-corrected chi connectivity index (χ1v) is 10.0. The predicted molar refractivity (Wildman–Crippen MR) is 106 cm³/mol. The highest BCUT2D eigenvalue weighted by molar-refractivity contribution is 5.97. The van der Waals surface area contributed by atoms with Gasteiger partial charge in [-0.15, -0.1) is 0 Å². The zero-order valence-corrected chi connectivity index (χ0v) is 16.6. The fourth-order valence-electron chi connectivity index (χ4n) is 4.11. The van der Waals surface area contributed by atoms with E-state index >= 15 is 0 Å². The first-order chi connectivity index (χ1) is 13.9. The molecule has 4 rings (SSSR count). The number of halogens is 1. The van der Waals surface area contributed by atoms with E-state index in [0.29, 0.717) is 37.5 Å². The lowest BCUT2D eigenvalue weighted by molar-refractivity contribution is -0.147. The first-order valence-electron chi connectivity index (χ1n) is 10.0. The molecule has 2 aliphatic rings. The molecule has 2 N–H and O–H groups in total. The number of carbonyl (C=O) groups excluding carboxylic acids is 2. The van der Waals surface area contributed by atoms with E-state index in [4.69, 9.17) is 0 Å². The molecule has 2 saturated heterocycles. The van der Waals surface area contributed by atoms with Crippen LogP contribution >= 0.6 is 0 Å². The van der Waals surface area contributed by atoms with Crippen molar-refractivity contribution < 1.29 is 14.0 Å². The van der Waals surface area contributed by atoms with E-state index in [1.165, 1.54) is 12.1 Å². The molecule has 2 fully saturated rings. The zero-order valence-electron chi connectivity index (χ0n) is 16.6. The third-order valence-corrected chi connectivity index (χ3v) is 5.51. The molecule has 2 amide bonds. The quantitative estimate of drug-likeness (QED) is 0.774. The summed E-state index contributed by atoms with van der Waals surface area (Å²) in [6.07, 6.45) is 4.84. The second-order valence-electron chi connectivity index (χ2n) is 8.28. The molecule has 1 aromatic heterocycles. The summed E-state index contributed by atoms with van der Waals surface area (Å²) in [5.74, 6) is -0.00375. The van der Waals surface area contributed by atoms with Gasteiger partial charge in [-0.05, 0) is 37.0 Å². The lowest BCUT2D eigenvalue weighted by atomic mass is 9.99. The monoisotopic (exact) mass is 399 g/mol. The Hall–Kier alpha value is -2.74. The average Bonchev–Trinajstić information content (AvgIpc) is 3.31. The number of nitrogens with zero attached hydrogens (tertiary/aromatic N) is 3. The fourth-order valence-corrected chi connectivity index (χ4v) is 4.11. The summed E-state index contributed by atoms with van der Waals surface area (Å²) in [5, 5.41) is 10.6. The molecule has 0 saturated carbocycles. The van der Waals surface area contributed by atoms with Gasteiger partial charge in [0.25, 0.3) is 0 Å². The van der Waals surface area contributed by atoms with Crippen molar-refractivity contribution in [3.05, 3.63) is 48.0 Å². The minimum Gasteiger partial charge on any atom is -0.342 e. The van der Waals surface area contributed by atoms with Crippen molar-refractivity contribution in [3.8, 4) is 5.69 Å². The van der Waals surface area contributed by atoms with Crippen molar-refractivity contribution >= 4 is 11.8 Å². The van der Waals surface area contributed by atoms with Gasteiger partial charge >= 0.3 is 0 Å². The minimum atomic E-state index is -0.415. The lowest BCUT2D eigenvalue weighted by Gasteiger charge is -2.35. The normalized spacial score (nSPS) is 24.1. The highest BCUT2D eigenvalue weighted by Crippen LogP contribution is 2.25. The molecule has 2 aliphatic heterocycles. The smallest absolute Gasteiger partial charge is 0.245 e. The van der Waals surface area contributed by atoms with Crippen molar-refractivity contribution in [2.24, 2.45) is 5.92 Å². The molecule has 3 atom stereocenters. The van der Waals surface area contributed by atoms with Crippen molar-refractivity contribution in [1.29, 1.82) is 0 Å². The average molecular weight is 399 g/mol. The Kier molecular flexibility index (Phi) is 5.36. The SMILES string of the molecule is CC(C)C[C@H]1NC(=O)[C@@H]2C[C@H](NCc3cnn(-c4cccc(F)c4)c3)CN2C1=O. The molecular weight excluding hydrogens is 373 g/mol. The molecule has 0 spiro atoms. The van der Waals surface area contributed by atoms with E-state index in [0.717, 1.165) is 5.56 Å². The van der Waals surface area contributed by atoms with E-state index in [2.05, 4.69) is 15.7 Å². The molecule has 1 aromatic carbocycles. The van der Waals surface area contributed by atoms with E-state index in [1.54, 1.807) is 27.9 Å². The summed E-state index contributed by atoms with van der Waals surface area (Å²) < 4.78 is 15.0. The van der Waals surface area contributed by atoms with Gasteiger partial charge < -0.3 is 15.5 Å². The molecule has 29 heavy (non-hydrogen) atoms. The van der Waals surface area contributed by atoms with Gasteiger partial charge in [0.1, 0.15) is 17.9 Å². The maximum Gasteiger partial charge on any atom is 0.245 e. The molecule has 7 nitrogen and oxygen atoms in total. The van der Waals surface area contributed by atoms with Crippen LogP contribution in [0, 0.1) is 11.7 Å². The van der Waals surface area contributed by atoms with Crippen molar-refractivity contribution in [2.75, 3.05) is 6.54 Å². The van der Waals surface area contributed by atoms with Crippen LogP contribution < -0.4 is 10.6 Å². The predicted octanol–water partition coefficient (Wildman–Crippen LogP) is 1.61. The van der Waals surface area contributed by atoms with Crippen LogP contribution in [-0.2, 0) is 16.1 Å². The number of hydrogen-bond acceptors (Lipinski definition) is 4. The maximum atomic E-state index is 13.4. The van der Waals surface area contributed by atoms with Crippen molar-refractivity contribution in [2.45, 2.75) is 51.4 Å². The summed E-state index contributed by atoms with van der Waals surface area (Å²) >= 11 is 0. The second-order valence-corrected chi connectivity index (χ2v) is 8.28. The van der Waals surface area contributed by atoms with Crippen LogP contribution in [0.1, 0.15) is 32.3 Å². The van der Waals surface area contributed by atoms with Gasteiger partial charge in [0.15, 0.2) is 0 Å². The highest BCUT2D eigenvalue weighted by Gasteiger charge is 2.46. The third kappa shape index (κ3) is 4.17. The Morgan fingerprint density at radius 3 is 2.93 bits per heavy atom. The number of rotatable bonds is 6. The molecule has 2 aromatic rings. The van der Waals surface area contributed by atoms with Gasteiger partial charge in [-0.25, -0.2) is 9.07 Å². The number of piperazine rings is 1. The fraction of sp³-hybridized carbons (Fsp3) is 0.476. The molecule has 0 aliphatic carbocycles. The molecule has 3 heterocycles. The Morgan fingerprint density at radius 2 is 2.17 bits per heavy atom.